The fourth-order valence-corrected chi connectivity index (χ4v) is 5.60. The maximum atomic E-state index is 15.4. The number of aromatic hydroxyl groups is 1. The van der Waals surface area contributed by atoms with Gasteiger partial charge >= 0.3 is 0 Å². The van der Waals surface area contributed by atoms with Crippen LogP contribution in [0.1, 0.15) is 23.1 Å². The average molecular weight is 631 g/mol. The van der Waals surface area contributed by atoms with Gasteiger partial charge in [0.2, 0.25) is 5.91 Å². The van der Waals surface area contributed by atoms with E-state index in [-0.39, 0.29) is 39.8 Å². The quantitative estimate of drug-likeness (QED) is 0.294. The van der Waals surface area contributed by atoms with Crippen molar-refractivity contribution in [1.29, 1.82) is 0 Å². The number of carbonyl (C=O) groups is 2. The fourth-order valence-electron chi connectivity index (χ4n) is 5.25. The highest BCUT2D eigenvalue weighted by atomic mass is 35.5. The SMILES string of the molecule is Cc1nc2c(c(-c3cc(C(N)=O)c(O)c(Cl)c3F)cn2CC(=O)Nc2cc(N3CCN(C)C[C@@H]3C)ncc2Cl)c(=O)n1C. The predicted octanol–water partition coefficient (Wildman–Crippen LogP) is 3.13. The Balaban J connectivity index is 1.54. The van der Waals surface area contributed by atoms with Gasteiger partial charge in [-0.3, -0.25) is 19.0 Å². The highest BCUT2D eigenvalue weighted by molar-refractivity contribution is 6.34. The van der Waals surface area contributed by atoms with Crippen molar-refractivity contribution in [2.45, 2.75) is 26.4 Å². The topological polar surface area (TPSA) is 152 Å². The second-order valence-corrected chi connectivity index (χ2v) is 11.4. The number of hydrogen-bond acceptors (Lipinski definition) is 8. The van der Waals surface area contributed by atoms with Crippen molar-refractivity contribution in [2.24, 2.45) is 12.8 Å². The molecule has 226 valence electrons. The van der Waals surface area contributed by atoms with Crippen LogP contribution in [0.3, 0.4) is 0 Å². The molecule has 3 aromatic heterocycles. The van der Waals surface area contributed by atoms with E-state index in [1.165, 1.54) is 28.6 Å². The number of carbonyl (C=O) groups excluding carboxylic acids is 2. The van der Waals surface area contributed by atoms with E-state index >= 15 is 4.39 Å². The number of primary amides is 1. The third-order valence-electron chi connectivity index (χ3n) is 7.61. The van der Waals surface area contributed by atoms with Crippen molar-refractivity contribution in [3.8, 4) is 16.9 Å². The molecule has 4 heterocycles. The van der Waals surface area contributed by atoms with Crippen LogP contribution >= 0.6 is 23.2 Å². The standard InChI is InChI=1S/C28H29Cl2FN8O4/c1-13-10-36(3)5-6-39(13)20-8-19(18(29)9-33-20)35-21(40)12-38-11-17(22-27(38)34-14(2)37(4)28(22)43)15-7-16(26(32)42)25(41)23(30)24(15)31/h7-9,11,13,41H,5-6,10,12H2,1-4H3,(H2,32,42)(H,33,35,40)/t13-/m0/s1. The molecule has 5 rings (SSSR count). The zero-order valence-corrected chi connectivity index (χ0v) is 25.3. The molecule has 1 aromatic carbocycles. The lowest BCUT2D eigenvalue weighted by molar-refractivity contribution is -0.116. The first-order valence-corrected chi connectivity index (χ1v) is 14.0. The van der Waals surface area contributed by atoms with Crippen LogP contribution < -0.4 is 21.5 Å². The van der Waals surface area contributed by atoms with E-state index in [9.17, 15) is 19.5 Å². The molecule has 15 heteroatoms. The fraction of sp³-hybridized carbons (Fsp3) is 0.321. The molecule has 0 bridgehead atoms. The summed E-state index contributed by atoms with van der Waals surface area (Å²) in [5, 5.41) is 12.4. The Bertz CT molecular complexity index is 1860. The molecule has 4 aromatic rings. The number of amides is 2. The number of piperazine rings is 1. The highest BCUT2D eigenvalue weighted by Gasteiger charge is 2.27. The number of nitrogens with two attached hydrogens (primary N) is 1. The number of hydrogen-bond donors (Lipinski definition) is 3. The minimum atomic E-state index is -1.08. The molecule has 1 atom stereocenters. The lowest BCUT2D eigenvalue weighted by atomic mass is 10.0. The van der Waals surface area contributed by atoms with Crippen molar-refractivity contribution >= 4 is 57.6 Å². The summed E-state index contributed by atoms with van der Waals surface area (Å²) in [4.78, 5) is 51.9. The van der Waals surface area contributed by atoms with E-state index < -0.39 is 39.5 Å². The molecule has 4 N–H and O–H groups in total. The molecule has 1 aliphatic rings. The third-order valence-corrected chi connectivity index (χ3v) is 8.26. The Kier molecular flexibility index (Phi) is 8.07. The van der Waals surface area contributed by atoms with Crippen molar-refractivity contribution in [3.63, 3.8) is 0 Å². The van der Waals surface area contributed by atoms with Crippen molar-refractivity contribution in [1.82, 2.24) is 24.0 Å². The Morgan fingerprint density at radius 1 is 1.21 bits per heavy atom. The molecule has 2 amide bonds. The smallest absolute Gasteiger partial charge is 0.263 e. The van der Waals surface area contributed by atoms with Crippen molar-refractivity contribution in [3.05, 3.63) is 62.1 Å². The summed E-state index contributed by atoms with van der Waals surface area (Å²) < 4.78 is 18.0. The van der Waals surface area contributed by atoms with Crippen LogP contribution in [0, 0.1) is 12.7 Å². The highest BCUT2D eigenvalue weighted by Crippen LogP contribution is 2.39. The van der Waals surface area contributed by atoms with Gasteiger partial charge in [0.1, 0.15) is 34.6 Å². The molecule has 0 saturated carbocycles. The van der Waals surface area contributed by atoms with Gasteiger partial charge in [-0.2, -0.15) is 0 Å². The van der Waals surface area contributed by atoms with Crippen molar-refractivity contribution in [2.75, 3.05) is 36.9 Å². The number of halogens is 3. The zero-order chi connectivity index (χ0) is 31.3. The summed E-state index contributed by atoms with van der Waals surface area (Å²) in [5.74, 6) is -2.44. The van der Waals surface area contributed by atoms with Crippen LogP contribution in [0.15, 0.2) is 29.3 Å². The zero-order valence-electron chi connectivity index (χ0n) is 23.8. The van der Waals surface area contributed by atoms with Crippen LogP contribution in [-0.4, -0.2) is 73.6 Å². The predicted molar refractivity (Wildman–Crippen MR) is 162 cm³/mol. The number of aryl methyl sites for hydroxylation is 1. The molecular formula is C28H29Cl2FN8O4. The van der Waals surface area contributed by atoms with Crippen LogP contribution in [0.2, 0.25) is 10.0 Å². The molecule has 12 nitrogen and oxygen atoms in total. The summed E-state index contributed by atoms with van der Waals surface area (Å²) in [5.41, 5.74) is 4.58. The van der Waals surface area contributed by atoms with Crippen molar-refractivity contribution < 1.29 is 19.1 Å². The number of anilines is 2. The Morgan fingerprint density at radius 2 is 1.93 bits per heavy atom. The number of fused-ring (bicyclic) bond motifs is 1. The lowest BCUT2D eigenvalue weighted by Crippen LogP contribution is -2.50. The second kappa shape index (κ2) is 11.5. The minimum absolute atomic E-state index is 0.00563. The van der Waals surface area contributed by atoms with E-state index in [0.717, 1.165) is 25.7 Å². The van der Waals surface area contributed by atoms with Gasteiger partial charge in [-0.25, -0.2) is 14.4 Å². The number of likely N-dealkylation sites (N-methyl/N-ethyl adjacent to an activating group) is 1. The average Bonchev–Trinajstić information content (AvgIpc) is 3.29. The second-order valence-electron chi connectivity index (χ2n) is 10.6. The number of nitrogens with one attached hydrogen (secondary N) is 1. The molecule has 0 radical (unpaired) electrons. The van der Waals surface area contributed by atoms with Crippen LogP contribution in [0.25, 0.3) is 22.2 Å². The lowest BCUT2D eigenvalue weighted by Gasteiger charge is -2.39. The molecular weight excluding hydrogens is 602 g/mol. The summed E-state index contributed by atoms with van der Waals surface area (Å²) in [6.45, 7) is 5.85. The summed E-state index contributed by atoms with van der Waals surface area (Å²) >= 11 is 12.4. The Hall–Kier alpha value is -4.20. The van der Waals surface area contributed by atoms with Gasteiger partial charge < -0.3 is 30.5 Å². The van der Waals surface area contributed by atoms with Gasteiger partial charge in [-0.15, -0.1) is 0 Å². The van der Waals surface area contributed by atoms with Gasteiger partial charge in [-0.1, -0.05) is 23.2 Å². The molecule has 1 saturated heterocycles. The van der Waals surface area contributed by atoms with Gasteiger partial charge in [0.15, 0.2) is 5.82 Å². The molecule has 0 unspecified atom stereocenters. The Morgan fingerprint density at radius 3 is 2.60 bits per heavy atom. The van der Waals surface area contributed by atoms with E-state index in [1.807, 2.05) is 0 Å². The first kappa shape index (κ1) is 30.3. The van der Waals surface area contributed by atoms with Gasteiger partial charge in [0.05, 0.1) is 27.9 Å². The number of benzene rings is 1. The van der Waals surface area contributed by atoms with E-state index in [2.05, 4.69) is 39.1 Å². The largest absolute Gasteiger partial charge is 0.505 e. The molecule has 1 aliphatic heterocycles. The van der Waals surface area contributed by atoms with Gasteiger partial charge in [0, 0.05) is 56.1 Å². The van der Waals surface area contributed by atoms with Gasteiger partial charge in [0.25, 0.3) is 11.5 Å². The van der Waals surface area contributed by atoms with Crippen LogP contribution in [-0.2, 0) is 18.4 Å². The molecule has 0 spiro atoms. The minimum Gasteiger partial charge on any atom is -0.505 e. The maximum Gasteiger partial charge on any atom is 0.263 e. The van der Waals surface area contributed by atoms with Crippen LogP contribution in [0.4, 0.5) is 15.9 Å². The van der Waals surface area contributed by atoms with Gasteiger partial charge in [-0.05, 0) is 27.0 Å². The number of pyridine rings is 1. The normalized spacial score (nSPS) is 15.7. The summed E-state index contributed by atoms with van der Waals surface area (Å²) in [6.07, 6.45) is 2.84. The van der Waals surface area contributed by atoms with E-state index in [4.69, 9.17) is 28.9 Å². The first-order chi connectivity index (χ1) is 20.3. The maximum absolute atomic E-state index is 15.4. The van der Waals surface area contributed by atoms with E-state index in [0.29, 0.717) is 17.3 Å². The van der Waals surface area contributed by atoms with Crippen LogP contribution in [0.5, 0.6) is 5.75 Å². The number of rotatable bonds is 6. The number of aromatic nitrogens is 4. The molecule has 1 fully saturated rings. The number of nitrogens with zero attached hydrogens (tertiary/aromatic N) is 6. The number of phenols is 1. The molecule has 43 heavy (non-hydrogen) atoms. The summed E-state index contributed by atoms with van der Waals surface area (Å²) in [6, 6.07) is 2.91. The Labute approximate surface area is 255 Å². The monoisotopic (exact) mass is 630 g/mol. The molecule has 0 aliphatic carbocycles. The first-order valence-electron chi connectivity index (χ1n) is 13.3. The summed E-state index contributed by atoms with van der Waals surface area (Å²) in [7, 11) is 3.55. The van der Waals surface area contributed by atoms with E-state index in [1.54, 1.807) is 13.0 Å². The third kappa shape index (κ3) is 5.51.